The summed E-state index contributed by atoms with van der Waals surface area (Å²) in [7, 11) is 0. The molecule has 1 amide bonds. The van der Waals surface area contributed by atoms with Gasteiger partial charge in [-0.05, 0) is 103 Å². The van der Waals surface area contributed by atoms with E-state index >= 15 is 0 Å². The van der Waals surface area contributed by atoms with E-state index in [9.17, 15) is 45.6 Å². The molecule has 2 aliphatic heterocycles. The van der Waals surface area contributed by atoms with Crippen molar-refractivity contribution in [1.29, 1.82) is 0 Å². The predicted octanol–water partition coefficient (Wildman–Crippen LogP) is 19.0. The summed E-state index contributed by atoms with van der Waals surface area (Å²) in [6.07, 6.45) is 86.7. The number of allylic oxidation sites excluding steroid dienone is 21. The third-order valence-corrected chi connectivity index (χ3v) is 19.1. The molecule has 2 heterocycles. The van der Waals surface area contributed by atoms with Gasteiger partial charge in [0.1, 0.15) is 48.8 Å². The number of amides is 1. The Bertz CT molecular complexity index is 2220. The first-order chi connectivity index (χ1) is 49.6. The molecule has 9 N–H and O–H groups in total. The molecule has 12 atom stereocenters. The van der Waals surface area contributed by atoms with Crippen LogP contribution in [0, 0.1) is 0 Å². The van der Waals surface area contributed by atoms with Crippen LogP contribution in [-0.4, -0.2) is 140 Å². The van der Waals surface area contributed by atoms with Crippen LogP contribution < -0.4 is 5.32 Å². The molecule has 0 aromatic carbocycles. The third-order valence-electron chi connectivity index (χ3n) is 19.1. The first kappa shape index (κ1) is 93.2. The number of hydrogen-bond acceptors (Lipinski definition) is 13. The van der Waals surface area contributed by atoms with E-state index in [1.54, 1.807) is 6.08 Å². The molecule has 2 aliphatic rings. The molecule has 101 heavy (non-hydrogen) atoms. The van der Waals surface area contributed by atoms with Crippen LogP contribution in [0.4, 0.5) is 0 Å². The fourth-order valence-corrected chi connectivity index (χ4v) is 12.7. The van der Waals surface area contributed by atoms with Crippen molar-refractivity contribution >= 4 is 5.91 Å². The summed E-state index contributed by atoms with van der Waals surface area (Å²) < 4.78 is 22.9. The van der Waals surface area contributed by atoms with Gasteiger partial charge in [-0.25, -0.2) is 0 Å². The molecule has 2 saturated heterocycles. The lowest BCUT2D eigenvalue weighted by molar-refractivity contribution is -0.359. The highest BCUT2D eigenvalue weighted by Gasteiger charge is 2.51. The summed E-state index contributed by atoms with van der Waals surface area (Å²) >= 11 is 0. The van der Waals surface area contributed by atoms with Gasteiger partial charge in [0.25, 0.3) is 0 Å². The highest BCUT2D eigenvalue weighted by atomic mass is 16.7. The van der Waals surface area contributed by atoms with Crippen LogP contribution in [0.15, 0.2) is 134 Å². The van der Waals surface area contributed by atoms with Crippen molar-refractivity contribution < 1.29 is 64.6 Å². The molecule has 0 radical (unpaired) electrons. The molecule has 0 spiro atoms. The maximum absolute atomic E-state index is 13.4. The monoisotopic (exact) mass is 1420 g/mol. The number of carbonyl (C=O) groups is 1. The van der Waals surface area contributed by atoms with Crippen LogP contribution in [0.1, 0.15) is 316 Å². The number of nitrogens with one attached hydrogen (secondary N) is 1. The van der Waals surface area contributed by atoms with Crippen LogP contribution in [0.25, 0.3) is 0 Å². The Morgan fingerprint density at radius 1 is 0.366 bits per heavy atom. The van der Waals surface area contributed by atoms with Crippen LogP contribution in [-0.2, 0) is 23.7 Å². The summed E-state index contributed by atoms with van der Waals surface area (Å²) in [6.45, 7) is 2.70. The van der Waals surface area contributed by atoms with Crippen LogP contribution in [0.5, 0.6) is 0 Å². The largest absolute Gasteiger partial charge is 0.394 e. The Hall–Kier alpha value is -3.87. The quantitative estimate of drug-likeness (QED) is 0.0204. The summed E-state index contributed by atoms with van der Waals surface area (Å²) in [5, 5.41) is 87.7. The maximum Gasteiger partial charge on any atom is 0.220 e. The van der Waals surface area contributed by atoms with Gasteiger partial charge in [0.2, 0.25) is 5.91 Å². The first-order valence-corrected chi connectivity index (χ1v) is 40.9. The molecule has 0 aliphatic carbocycles. The number of carbonyl (C=O) groups excluding carboxylic acids is 1. The molecular weight excluding hydrogens is 1270 g/mol. The number of aliphatic hydroxyl groups excluding tert-OH is 8. The Balaban J connectivity index is 1.63. The predicted molar refractivity (Wildman–Crippen MR) is 419 cm³/mol. The molecule has 580 valence electrons. The van der Waals surface area contributed by atoms with Gasteiger partial charge < -0.3 is 65.1 Å². The van der Waals surface area contributed by atoms with Crippen molar-refractivity contribution in [2.45, 2.75) is 389 Å². The van der Waals surface area contributed by atoms with Crippen molar-refractivity contribution in [2.24, 2.45) is 0 Å². The molecule has 2 fully saturated rings. The highest BCUT2D eigenvalue weighted by Crippen LogP contribution is 2.30. The zero-order valence-corrected chi connectivity index (χ0v) is 63.6. The Morgan fingerprint density at radius 3 is 1.09 bits per heavy atom. The van der Waals surface area contributed by atoms with E-state index in [2.05, 4.69) is 141 Å². The highest BCUT2D eigenvalue weighted by molar-refractivity contribution is 5.76. The normalized spacial score (nSPS) is 22.5. The lowest BCUT2D eigenvalue weighted by Gasteiger charge is -2.46. The Morgan fingerprint density at radius 2 is 0.693 bits per heavy atom. The summed E-state index contributed by atoms with van der Waals surface area (Å²) in [5.74, 6) is -0.254. The topological polar surface area (TPSA) is 228 Å². The van der Waals surface area contributed by atoms with Gasteiger partial charge in [-0.2, -0.15) is 0 Å². The van der Waals surface area contributed by atoms with Gasteiger partial charge >= 0.3 is 0 Å². The van der Waals surface area contributed by atoms with Crippen LogP contribution in [0.2, 0.25) is 0 Å². The number of aliphatic hydroxyl groups is 8. The van der Waals surface area contributed by atoms with Gasteiger partial charge in [-0.3, -0.25) is 4.79 Å². The van der Waals surface area contributed by atoms with E-state index in [4.69, 9.17) is 18.9 Å². The summed E-state index contributed by atoms with van der Waals surface area (Å²) in [6, 6.07) is -0.944. The molecule has 0 bridgehead atoms. The zero-order chi connectivity index (χ0) is 73.0. The van der Waals surface area contributed by atoms with Gasteiger partial charge in [0.05, 0.1) is 32.0 Å². The fraction of sp³-hybridized carbons (Fsp3) is 0.736. The minimum atomic E-state index is -1.80. The van der Waals surface area contributed by atoms with E-state index in [1.165, 1.54) is 186 Å². The smallest absolute Gasteiger partial charge is 0.220 e. The van der Waals surface area contributed by atoms with E-state index in [0.717, 1.165) is 96.3 Å². The summed E-state index contributed by atoms with van der Waals surface area (Å²) in [5.41, 5.74) is 0. The minimum Gasteiger partial charge on any atom is -0.394 e. The van der Waals surface area contributed by atoms with E-state index in [1.807, 2.05) is 6.08 Å². The second-order valence-electron chi connectivity index (χ2n) is 28.2. The molecule has 12 unspecified atom stereocenters. The summed E-state index contributed by atoms with van der Waals surface area (Å²) in [4.78, 5) is 13.4. The number of ether oxygens (including phenoxy) is 4. The number of unbranched alkanes of at least 4 members (excludes halogenated alkanes) is 34. The van der Waals surface area contributed by atoms with Gasteiger partial charge in [-0.1, -0.05) is 340 Å². The first-order valence-electron chi connectivity index (χ1n) is 40.9. The van der Waals surface area contributed by atoms with E-state index in [0.29, 0.717) is 12.8 Å². The second-order valence-corrected chi connectivity index (χ2v) is 28.2. The number of hydrogen-bond donors (Lipinski definition) is 9. The minimum absolute atomic E-state index is 0.254. The Labute approximate surface area is 615 Å². The molecule has 0 saturated carbocycles. The van der Waals surface area contributed by atoms with Gasteiger partial charge in [0.15, 0.2) is 12.6 Å². The maximum atomic E-state index is 13.4. The van der Waals surface area contributed by atoms with Crippen molar-refractivity contribution in [3.05, 3.63) is 134 Å². The van der Waals surface area contributed by atoms with Crippen LogP contribution >= 0.6 is 0 Å². The van der Waals surface area contributed by atoms with E-state index in [-0.39, 0.29) is 18.9 Å². The lowest BCUT2D eigenvalue weighted by atomic mass is 9.97. The molecule has 0 aromatic heterocycles. The van der Waals surface area contributed by atoms with Gasteiger partial charge in [-0.15, -0.1) is 0 Å². The number of rotatable bonds is 67. The molecule has 14 heteroatoms. The molecule has 2 rings (SSSR count). The Kier molecular flexibility index (Phi) is 63.9. The van der Waals surface area contributed by atoms with E-state index < -0.39 is 86.8 Å². The SMILES string of the molecule is CC/C=C\C/C=C\C/C=C\C/C=C\C/C=C\C/C=C\C/C=C\C/C=C\C/C=C\CCCCCCCCCCCCCC(=O)NC(COC1OC(CO)C(OC2OC(CO)C(O)C(O)C2O)C(O)C1O)C(O)/C=C/CC/C=C/CCCCCCCCCCCCCCCCCCCCCCCC. The van der Waals surface area contributed by atoms with Crippen molar-refractivity contribution in [2.75, 3.05) is 19.8 Å². The average Bonchev–Trinajstić information content (AvgIpc) is 0.790. The third kappa shape index (κ3) is 51.9. The standard InChI is InChI=1S/C87H149NO13/c1-3-5-7-9-11-13-15-17-19-21-23-25-27-29-31-33-34-35-36-37-38-39-40-41-42-43-45-47-49-51-53-55-57-59-61-63-65-67-69-71-79(92)88-75(74-98-86-84(97)82(95)85(78(73-90)100-86)101-87-83(96)81(94)80(93)77(72-89)99-87)76(91)70-68-66-64-62-60-58-56-54-52-50-48-46-44-32-30-28-26-24-22-20-18-16-14-12-10-8-6-4-2/h5,7,11,13,17,19,23,25,29,31,34-35,37-38,40-41,43,45,60,62,68,70,75-78,80-87,89-91,93-97H,3-4,6,8-10,12,14-16,18,20-22,24,26-28,30,32-33,36,39,42,44,46-59,61,63-67,69,71-74H2,1-2H3,(H,88,92)/b7-5-,13-11-,19-17-,25-23-,31-29-,35-34-,38-37-,41-40-,45-43-,62-60+,70-68+. The zero-order valence-electron chi connectivity index (χ0n) is 63.6. The fourth-order valence-electron chi connectivity index (χ4n) is 12.7. The molecular formula is C87H149NO13. The molecule has 0 aromatic rings. The van der Waals surface area contributed by atoms with Crippen molar-refractivity contribution in [3.8, 4) is 0 Å². The van der Waals surface area contributed by atoms with Gasteiger partial charge in [0, 0.05) is 6.42 Å². The second kappa shape index (κ2) is 69.2. The lowest BCUT2D eigenvalue weighted by Crippen LogP contribution is -2.65. The van der Waals surface area contributed by atoms with Crippen molar-refractivity contribution in [3.63, 3.8) is 0 Å². The molecule has 14 nitrogen and oxygen atoms in total. The van der Waals surface area contributed by atoms with Crippen molar-refractivity contribution in [1.82, 2.24) is 5.32 Å². The van der Waals surface area contributed by atoms with Crippen LogP contribution in [0.3, 0.4) is 0 Å². The average molecular weight is 1420 g/mol.